The Morgan fingerprint density at radius 2 is 2.10 bits per heavy atom. The molecular weight excluding hydrogens is 292 g/mol. The number of benzene rings is 1. The molecule has 1 amide bonds. The van der Waals surface area contributed by atoms with Crippen LogP contribution in [-0.4, -0.2) is 51.1 Å². The molecule has 0 saturated carbocycles. The molecule has 1 aromatic heterocycles. The molecule has 2 aromatic rings. The number of ether oxygens (including phenoxy) is 1. The Labute approximate surface area is 125 Å². The second-order valence-corrected chi connectivity index (χ2v) is 5.80. The summed E-state index contributed by atoms with van der Waals surface area (Å²) in [5, 5.41) is 4.08. The van der Waals surface area contributed by atoms with Crippen molar-refractivity contribution in [2.45, 2.75) is 10.9 Å². The maximum Gasteiger partial charge on any atom is 0.345 e. The van der Waals surface area contributed by atoms with Gasteiger partial charge in [0.25, 0.3) is 0 Å². The SMILES string of the molecule is COc1ccccc1CS(=O)c1ncn(C(=O)N(C)C)n1. The third-order valence-corrected chi connectivity index (χ3v) is 3.90. The van der Waals surface area contributed by atoms with Crippen LogP contribution in [0.25, 0.3) is 0 Å². The highest BCUT2D eigenvalue weighted by Gasteiger charge is 2.16. The van der Waals surface area contributed by atoms with Crippen LogP contribution in [-0.2, 0) is 16.6 Å². The smallest absolute Gasteiger partial charge is 0.345 e. The zero-order valence-electron chi connectivity index (χ0n) is 12.0. The maximum atomic E-state index is 12.3. The van der Waals surface area contributed by atoms with E-state index in [0.29, 0.717) is 5.75 Å². The lowest BCUT2D eigenvalue weighted by Crippen LogP contribution is -2.27. The van der Waals surface area contributed by atoms with Gasteiger partial charge in [0.1, 0.15) is 12.1 Å². The summed E-state index contributed by atoms with van der Waals surface area (Å²) in [6.45, 7) is 0. The van der Waals surface area contributed by atoms with Gasteiger partial charge in [-0.3, -0.25) is 4.21 Å². The first kappa shape index (κ1) is 15.2. The molecule has 0 aliphatic heterocycles. The number of hydrogen-bond donors (Lipinski definition) is 0. The van der Waals surface area contributed by atoms with Crippen LogP contribution in [0.1, 0.15) is 5.56 Å². The first-order valence-electron chi connectivity index (χ1n) is 6.16. The van der Waals surface area contributed by atoms with Gasteiger partial charge < -0.3 is 9.64 Å². The summed E-state index contributed by atoms with van der Waals surface area (Å²) in [5.74, 6) is 0.888. The van der Waals surface area contributed by atoms with E-state index in [9.17, 15) is 9.00 Å². The molecule has 0 N–H and O–H groups in total. The van der Waals surface area contributed by atoms with Gasteiger partial charge in [-0.1, -0.05) is 18.2 Å². The number of carbonyl (C=O) groups is 1. The van der Waals surface area contributed by atoms with Crippen LogP contribution in [0.2, 0.25) is 0 Å². The topological polar surface area (TPSA) is 77.3 Å². The molecule has 0 spiro atoms. The van der Waals surface area contributed by atoms with E-state index in [1.165, 1.54) is 11.2 Å². The van der Waals surface area contributed by atoms with E-state index in [0.717, 1.165) is 10.2 Å². The molecule has 0 aliphatic rings. The third kappa shape index (κ3) is 3.46. The highest BCUT2D eigenvalue weighted by Crippen LogP contribution is 2.20. The molecule has 112 valence electrons. The van der Waals surface area contributed by atoms with Gasteiger partial charge in [0.05, 0.1) is 23.7 Å². The Morgan fingerprint density at radius 3 is 2.76 bits per heavy atom. The largest absolute Gasteiger partial charge is 0.496 e. The summed E-state index contributed by atoms with van der Waals surface area (Å²) >= 11 is 0. The molecule has 0 bridgehead atoms. The Bertz CT molecular complexity index is 669. The van der Waals surface area contributed by atoms with E-state index in [1.807, 2.05) is 18.2 Å². The molecule has 0 saturated heterocycles. The van der Waals surface area contributed by atoms with E-state index in [2.05, 4.69) is 10.1 Å². The highest BCUT2D eigenvalue weighted by molar-refractivity contribution is 7.84. The molecule has 1 atom stereocenters. The lowest BCUT2D eigenvalue weighted by molar-refractivity contribution is 0.215. The molecule has 8 heteroatoms. The van der Waals surface area contributed by atoms with Crippen LogP contribution in [0.5, 0.6) is 5.75 Å². The number of hydrogen-bond acceptors (Lipinski definition) is 5. The molecule has 1 aromatic carbocycles. The fraction of sp³-hybridized carbons (Fsp3) is 0.308. The molecule has 1 unspecified atom stereocenters. The summed E-state index contributed by atoms with van der Waals surface area (Å²) < 4.78 is 18.6. The first-order chi connectivity index (χ1) is 10.0. The van der Waals surface area contributed by atoms with Crippen LogP contribution in [0, 0.1) is 0 Å². The minimum absolute atomic E-state index is 0.121. The van der Waals surface area contributed by atoms with Crippen molar-refractivity contribution in [2.24, 2.45) is 0 Å². The maximum absolute atomic E-state index is 12.3. The van der Waals surface area contributed by atoms with Crippen LogP contribution in [0.3, 0.4) is 0 Å². The number of carbonyl (C=O) groups excluding carboxylic acids is 1. The molecule has 0 radical (unpaired) electrons. The lowest BCUT2D eigenvalue weighted by Gasteiger charge is -2.08. The van der Waals surface area contributed by atoms with E-state index in [-0.39, 0.29) is 16.9 Å². The highest BCUT2D eigenvalue weighted by atomic mass is 32.2. The van der Waals surface area contributed by atoms with Crippen molar-refractivity contribution >= 4 is 16.8 Å². The molecule has 2 rings (SSSR count). The fourth-order valence-electron chi connectivity index (χ4n) is 1.68. The van der Waals surface area contributed by atoms with Crippen molar-refractivity contribution in [1.82, 2.24) is 19.7 Å². The standard InChI is InChI=1S/C13H16N4O3S/c1-16(2)13(18)17-9-14-12(15-17)21(19)8-10-6-4-5-7-11(10)20-3/h4-7,9H,8H2,1-3H3. The normalized spacial score (nSPS) is 12.0. The predicted molar refractivity (Wildman–Crippen MR) is 77.6 cm³/mol. The zero-order valence-corrected chi connectivity index (χ0v) is 12.8. The lowest BCUT2D eigenvalue weighted by atomic mass is 10.2. The Kier molecular flexibility index (Phi) is 4.69. The Morgan fingerprint density at radius 1 is 1.38 bits per heavy atom. The molecule has 7 nitrogen and oxygen atoms in total. The quantitative estimate of drug-likeness (QED) is 0.846. The molecule has 21 heavy (non-hydrogen) atoms. The van der Waals surface area contributed by atoms with E-state index in [1.54, 1.807) is 27.3 Å². The van der Waals surface area contributed by atoms with E-state index >= 15 is 0 Å². The van der Waals surface area contributed by atoms with Crippen molar-refractivity contribution in [3.63, 3.8) is 0 Å². The molecule has 1 heterocycles. The van der Waals surface area contributed by atoms with Crippen molar-refractivity contribution < 1.29 is 13.7 Å². The summed E-state index contributed by atoms with van der Waals surface area (Å²) in [6.07, 6.45) is 1.26. The number of methoxy groups -OCH3 is 1. The van der Waals surface area contributed by atoms with Gasteiger partial charge in [0.2, 0.25) is 5.16 Å². The average Bonchev–Trinajstić information content (AvgIpc) is 2.96. The summed E-state index contributed by atoms with van der Waals surface area (Å²) in [5.41, 5.74) is 0.800. The number of aromatic nitrogens is 3. The number of amides is 1. The van der Waals surface area contributed by atoms with Crippen molar-refractivity contribution in [3.8, 4) is 5.75 Å². The van der Waals surface area contributed by atoms with Gasteiger partial charge in [-0.25, -0.2) is 9.78 Å². The van der Waals surface area contributed by atoms with Crippen molar-refractivity contribution in [3.05, 3.63) is 36.2 Å². The minimum Gasteiger partial charge on any atom is -0.496 e. The summed E-state index contributed by atoms with van der Waals surface area (Å²) in [7, 11) is 3.32. The second kappa shape index (κ2) is 6.49. The Balaban J connectivity index is 2.16. The van der Waals surface area contributed by atoms with Crippen molar-refractivity contribution in [1.29, 1.82) is 0 Å². The predicted octanol–water partition coefficient (Wildman–Crippen LogP) is 1.12. The number of nitrogens with zero attached hydrogens (tertiary/aromatic N) is 4. The van der Waals surface area contributed by atoms with Gasteiger partial charge in [-0.15, -0.1) is 5.10 Å². The van der Waals surface area contributed by atoms with Crippen LogP contribution in [0.15, 0.2) is 35.7 Å². The van der Waals surface area contributed by atoms with Crippen LogP contribution in [0.4, 0.5) is 4.79 Å². The zero-order chi connectivity index (χ0) is 15.4. The fourth-order valence-corrected chi connectivity index (χ4v) is 2.67. The van der Waals surface area contributed by atoms with Gasteiger partial charge in [-0.2, -0.15) is 4.68 Å². The van der Waals surface area contributed by atoms with Gasteiger partial charge in [0, 0.05) is 19.7 Å². The van der Waals surface area contributed by atoms with E-state index < -0.39 is 10.8 Å². The Hall–Kier alpha value is -2.22. The van der Waals surface area contributed by atoms with Crippen LogP contribution >= 0.6 is 0 Å². The number of rotatable bonds is 4. The molecule has 0 fully saturated rings. The monoisotopic (exact) mass is 308 g/mol. The van der Waals surface area contributed by atoms with Gasteiger partial charge in [-0.05, 0) is 6.07 Å². The van der Waals surface area contributed by atoms with Crippen LogP contribution < -0.4 is 4.74 Å². The van der Waals surface area contributed by atoms with Gasteiger partial charge in [0.15, 0.2) is 0 Å². The van der Waals surface area contributed by atoms with Gasteiger partial charge >= 0.3 is 6.03 Å². The second-order valence-electron chi connectivity index (χ2n) is 4.45. The molecule has 0 aliphatic carbocycles. The average molecular weight is 308 g/mol. The molecular formula is C13H16N4O3S. The number of para-hydroxylation sites is 1. The summed E-state index contributed by atoms with van der Waals surface area (Å²) in [6, 6.07) is 6.97. The third-order valence-electron chi connectivity index (χ3n) is 2.73. The van der Waals surface area contributed by atoms with Crippen molar-refractivity contribution in [2.75, 3.05) is 21.2 Å². The first-order valence-corrected chi connectivity index (χ1v) is 7.48. The minimum atomic E-state index is -1.45. The summed E-state index contributed by atoms with van der Waals surface area (Å²) in [4.78, 5) is 17.0. The van der Waals surface area contributed by atoms with E-state index in [4.69, 9.17) is 4.74 Å².